The number of nitrogens with zero attached hydrogens (tertiary/aromatic N) is 1. The van der Waals surface area contributed by atoms with Crippen LogP contribution in [0, 0.1) is 0 Å². The minimum atomic E-state index is 0.729. The second kappa shape index (κ2) is 5.66. The summed E-state index contributed by atoms with van der Waals surface area (Å²) in [7, 11) is 4.22. The van der Waals surface area contributed by atoms with Gasteiger partial charge in [-0.2, -0.15) is 0 Å². The second-order valence-electron chi connectivity index (χ2n) is 6.28. The number of likely N-dealkylation sites (N-methyl/N-ethyl adjacent to an activating group) is 1. The van der Waals surface area contributed by atoms with Crippen molar-refractivity contribution in [3.63, 3.8) is 0 Å². The van der Waals surface area contributed by atoms with Crippen LogP contribution in [-0.4, -0.2) is 50.9 Å². The molecule has 1 atom stereocenters. The Balaban J connectivity index is 1.89. The zero-order valence-electron chi connectivity index (χ0n) is 12.4. The molecule has 0 aromatic heterocycles. The fourth-order valence-corrected chi connectivity index (χ4v) is 4.35. The predicted octanol–water partition coefficient (Wildman–Crippen LogP) is 2.36. The van der Waals surface area contributed by atoms with Gasteiger partial charge in [0.25, 0.3) is 0 Å². The fraction of sp³-hybridized carbons (Fsp3) is 0.625. The SMILES string of the molecule is COc1ccc(Br)c2c1CC([N+]1(C)CCNCC1)CC2. The molecule has 1 aliphatic heterocycles. The maximum absolute atomic E-state index is 5.60. The van der Waals surface area contributed by atoms with Crippen molar-refractivity contribution in [1.82, 2.24) is 5.32 Å². The summed E-state index contributed by atoms with van der Waals surface area (Å²) in [5.41, 5.74) is 2.89. The van der Waals surface area contributed by atoms with Crippen LogP contribution in [0.25, 0.3) is 0 Å². The number of hydrogen-bond acceptors (Lipinski definition) is 2. The van der Waals surface area contributed by atoms with Gasteiger partial charge in [0, 0.05) is 36.0 Å². The molecule has 0 bridgehead atoms. The van der Waals surface area contributed by atoms with Crippen LogP contribution in [0.5, 0.6) is 5.75 Å². The van der Waals surface area contributed by atoms with Gasteiger partial charge in [0.05, 0.1) is 33.3 Å². The molecule has 0 saturated carbocycles. The van der Waals surface area contributed by atoms with Crippen molar-refractivity contribution in [2.75, 3.05) is 40.3 Å². The van der Waals surface area contributed by atoms with Crippen LogP contribution < -0.4 is 10.1 Å². The van der Waals surface area contributed by atoms with E-state index in [0.717, 1.165) is 31.3 Å². The highest BCUT2D eigenvalue weighted by atomic mass is 79.9. The molecular formula is C16H24BrN2O+. The summed E-state index contributed by atoms with van der Waals surface area (Å²) in [6.45, 7) is 4.79. The lowest BCUT2D eigenvalue weighted by Gasteiger charge is -2.46. The van der Waals surface area contributed by atoms with Gasteiger partial charge in [-0.1, -0.05) is 15.9 Å². The number of piperazine rings is 1. The van der Waals surface area contributed by atoms with Gasteiger partial charge in [-0.3, -0.25) is 0 Å². The monoisotopic (exact) mass is 339 g/mol. The lowest BCUT2D eigenvalue weighted by molar-refractivity contribution is -0.935. The van der Waals surface area contributed by atoms with Gasteiger partial charge in [0.2, 0.25) is 0 Å². The number of halogens is 1. The Morgan fingerprint density at radius 2 is 2.00 bits per heavy atom. The van der Waals surface area contributed by atoms with E-state index in [0.29, 0.717) is 0 Å². The maximum Gasteiger partial charge on any atom is 0.122 e. The molecule has 0 amide bonds. The van der Waals surface area contributed by atoms with Gasteiger partial charge in [0.1, 0.15) is 5.75 Å². The highest BCUT2D eigenvalue weighted by Crippen LogP contribution is 2.37. The average Bonchev–Trinajstić information content (AvgIpc) is 2.48. The van der Waals surface area contributed by atoms with E-state index in [-0.39, 0.29) is 0 Å². The molecule has 110 valence electrons. The Kier molecular flexibility index (Phi) is 4.07. The maximum atomic E-state index is 5.60. The highest BCUT2D eigenvalue weighted by Gasteiger charge is 2.37. The summed E-state index contributed by atoms with van der Waals surface area (Å²) in [5, 5.41) is 3.48. The average molecular weight is 340 g/mol. The van der Waals surface area contributed by atoms with E-state index in [1.165, 1.54) is 46.0 Å². The molecule has 0 radical (unpaired) electrons. The number of benzene rings is 1. The van der Waals surface area contributed by atoms with Gasteiger partial charge in [0.15, 0.2) is 0 Å². The van der Waals surface area contributed by atoms with E-state index < -0.39 is 0 Å². The molecule has 1 N–H and O–H groups in total. The molecule has 1 heterocycles. The molecule has 1 saturated heterocycles. The van der Waals surface area contributed by atoms with Crippen LogP contribution in [-0.2, 0) is 12.8 Å². The zero-order valence-corrected chi connectivity index (χ0v) is 14.0. The van der Waals surface area contributed by atoms with E-state index in [2.05, 4.69) is 40.4 Å². The van der Waals surface area contributed by atoms with Crippen molar-refractivity contribution in [2.45, 2.75) is 25.3 Å². The molecule has 1 aliphatic carbocycles. The van der Waals surface area contributed by atoms with Crippen LogP contribution >= 0.6 is 15.9 Å². The number of nitrogens with one attached hydrogen (secondary N) is 1. The van der Waals surface area contributed by atoms with Crippen LogP contribution in [0.4, 0.5) is 0 Å². The summed E-state index contributed by atoms with van der Waals surface area (Å²) < 4.78 is 8.05. The van der Waals surface area contributed by atoms with Gasteiger partial charge in [-0.15, -0.1) is 0 Å². The Bertz CT molecular complexity index is 497. The lowest BCUT2D eigenvalue weighted by Crippen LogP contribution is -2.62. The summed E-state index contributed by atoms with van der Waals surface area (Å²) >= 11 is 3.70. The second-order valence-corrected chi connectivity index (χ2v) is 7.13. The topological polar surface area (TPSA) is 21.3 Å². The van der Waals surface area contributed by atoms with Crippen LogP contribution in [0.2, 0.25) is 0 Å². The Hall–Kier alpha value is -0.580. The first kappa shape index (κ1) is 14.4. The first-order valence-electron chi connectivity index (χ1n) is 7.53. The van der Waals surface area contributed by atoms with Crippen LogP contribution in [0.1, 0.15) is 17.5 Å². The lowest BCUT2D eigenvalue weighted by atomic mass is 9.85. The van der Waals surface area contributed by atoms with Crippen LogP contribution in [0.3, 0.4) is 0 Å². The van der Waals surface area contributed by atoms with E-state index in [1.807, 2.05) is 0 Å². The number of fused-ring (bicyclic) bond motifs is 1. The Labute approximate surface area is 130 Å². The highest BCUT2D eigenvalue weighted by molar-refractivity contribution is 9.10. The van der Waals surface area contributed by atoms with Crippen LogP contribution in [0.15, 0.2) is 16.6 Å². The Morgan fingerprint density at radius 1 is 1.25 bits per heavy atom. The largest absolute Gasteiger partial charge is 0.496 e. The van der Waals surface area contributed by atoms with Crippen molar-refractivity contribution in [1.29, 1.82) is 0 Å². The van der Waals surface area contributed by atoms with E-state index in [4.69, 9.17) is 4.74 Å². The molecule has 20 heavy (non-hydrogen) atoms. The predicted molar refractivity (Wildman–Crippen MR) is 85.3 cm³/mol. The molecule has 4 heteroatoms. The van der Waals surface area contributed by atoms with E-state index in [9.17, 15) is 0 Å². The van der Waals surface area contributed by atoms with Gasteiger partial charge >= 0.3 is 0 Å². The number of hydrogen-bond donors (Lipinski definition) is 1. The molecule has 1 aromatic rings. The van der Waals surface area contributed by atoms with Gasteiger partial charge < -0.3 is 14.5 Å². The number of quaternary nitrogens is 1. The molecular weight excluding hydrogens is 316 g/mol. The van der Waals surface area contributed by atoms with Gasteiger partial charge in [-0.25, -0.2) is 0 Å². The smallest absolute Gasteiger partial charge is 0.122 e. The van der Waals surface area contributed by atoms with E-state index in [1.54, 1.807) is 7.11 Å². The van der Waals surface area contributed by atoms with Crippen molar-refractivity contribution in [3.05, 3.63) is 27.7 Å². The minimum Gasteiger partial charge on any atom is -0.496 e. The summed E-state index contributed by atoms with van der Waals surface area (Å²) in [5.74, 6) is 1.06. The third kappa shape index (κ3) is 2.49. The third-order valence-corrected chi connectivity index (χ3v) is 5.94. The van der Waals surface area contributed by atoms with Gasteiger partial charge in [-0.05, 0) is 24.1 Å². The summed E-state index contributed by atoms with van der Waals surface area (Å²) in [6.07, 6.45) is 3.60. The first-order valence-corrected chi connectivity index (χ1v) is 8.32. The Morgan fingerprint density at radius 3 is 2.70 bits per heavy atom. The molecule has 1 fully saturated rings. The third-order valence-electron chi connectivity index (χ3n) is 5.20. The van der Waals surface area contributed by atoms with E-state index >= 15 is 0 Å². The summed E-state index contributed by atoms with van der Waals surface area (Å²) in [6, 6.07) is 4.95. The molecule has 3 rings (SSSR count). The first-order chi connectivity index (χ1) is 9.64. The number of rotatable bonds is 2. The number of methoxy groups -OCH3 is 1. The molecule has 3 nitrogen and oxygen atoms in total. The van der Waals surface area contributed by atoms with Crippen molar-refractivity contribution >= 4 is 15.9 Å². The molecule has 1 unspecified atom stereocenters. The van der Waals surface area contributed by atoms with Crippen molar-refractivity contribution < 1.29 is 9.22 Å². The standard InChI is InChI=1S/C16H24BrN2O/c1-19(9-7-18-8-10-19)12-3-4-13-14(11-12)16(20-2)6-5-15(13)17/h5-6,12,18H,3-4,7-11H2,1-2H3/q+1. The normalized spacial score (nSPS) is 25.1. The molecule has 1 aromatic carbocycles. The minimum absolute atomic E-state index is 0.729. The van der Waals surface area contributed by atoms with Crippen molar-refractivity contribution in [3.8, 4) is 5.75 Å². The summed E-state index contributed by atoms with van der Waals surface area (Å²) in [4.78, 5) is 0. The van der Waals surface area contributed by atoms with Crippen molar-refractivity contribution in [2.24, 2.45) is 0 Å². The quantitative estimate of drug-likeness (QED) is 0.835. The molecule has 0 spiro atoms. The fourth-order valence-electron chi connectivity index (χ4n) is 3.78. The number of ether oxygens (including phenoxy) is 1. The zero-order chi connectivity index (χ0) is 14.2. The molecule has 2 aliphatic rings.